The molecule has 2 unspecified atom stereocenters. The van der Waals surface area contributed by atoms with Crippen LogP contribution in [0, 0.1) is 6.92 Å². The summed E-state index contributed by atoms with van der Waals surface area (Å²) in [4.78, 5) is 10.0. The molecule has 5 heteroatoms. The van der Waals surface area contributed by atoms with Gasteiger partial charge in [-0.25, -0.2) is 4.98 Å². The number of hydrogen-bond donors (Lipinski definition) is 3. The van der Waals surface area contributed by atoms with E-state index in [1.165, 1.54) is 0 Å². The monoisotopic (exact) mass is 259 g/mol. The Kier molecular flexibility index (Phi) is 3.26. The van der Waals surface area contributed by atoms with Gasteiger partial charge in [-0.2, -0.15) is 0 Å². The maximum atomic E-state index is 6.44. The average molecular weight is 259 g/mol. The van der Waals surface area contributed by atoms with E-state index in [2.05, 4.69) is 39.4 Å². The fourth-order valence-electron chi connectivity index (χ4n) is 2.81. The molecule has 2 aromatic rings. The fraction of sp³-hybridized carbons (Fsp3) is 0.500. The highest BCUT2D eigenvalue weighted by Gasteiger charge is 2.26. The van der Waals surface area contributed by atoms with E-state index in [1.54, 1.807) is 0 Å². The molecular formula is C14H21N5. The Balaban J connectivity index is 1.89. The summed E-state index contributed by atoms with van der Waals surface area (Å²) in [6.45, 7) is 5.00. The maximum Gasteiger partial charge on any atom is 0.104 e. The van der Waals surface area contributed by atoms with E-state index >= 15 is 0 Å². The molecule has 0 aliphatic carbocycles. The number of rotatable bonds is 2. The molecule has 1 aliphatic rings. The fourth-order valence-corrected chi connectivity index (χ4v) is 2.81. The van der Waals surface area contributed by atoms with Gasteiger partial charge in [-0.1, -0.05) is 6.07 Å². The van der Waals surface area contributed by atoms with Crippen LogP contribution in [0.25, 0.3) is 11.0 Å². The van der Waals surface area contributed by atoms with Crippen LogP contribution < -0.4 is 11.1 Å². The molecule has 3 rings (SSSR count). The quantitative estimate of drug-likeness (QED) is 0.745. The van der Waals surface area contributed by atoms with E-state index in [0.29, 0.717) is 6.04 Å². The summed E-state index contributed by atoms with van der Waals surface area (Å²) in [6.07, 6.45) is 0. The number of hydrogen-bond acceptors (Lipinski definition) is 4. The van der Waals surface area contributed by atoms with Crippen LogP contribution in [-0.2, 0) is 0 Å². The standard InChI is InChI=1S/C14H21N5/c1-9-17-11-4-3-10(7-12(11)18-9)14(15)13-8-16-5-6-19(13)2/h3-4,7,13-14,16H,5-6,8,15H2,1-2H3,(H,17,18). The van der Waals surface area contributed by atoms with Gasteiger partial charge in [-0.3, -0.25) is 4.90 Å². The van der Waals surface area contributed by atoms with Gasteiger partial charge in [-0.05, 0) is 31.7 Å². The highest BCUT2D eigenvalue weighted by atomic mass is 15.2. The van der Waals surface area contributed by atoms with Crippen molar-refractivity contribution in [2.45, 2.75) is 19.0 Å². The number of nitrogens with zero attached hydrogens (tertiary/aromatic N) is 2. The summed E-state index contributed by atoms with van der Waals surface area (Å²) >= 11 is 0. The second-order valence-corrected chi connectivity index (χ2v) is 5.38. The molecule has 0 spiro atoms. The van der Waals surface area contributed by atoms with Crippen molar-refractivity contribution in [1.29, 1.82) is 0 Å². The number of fused-ring (bicyclic) bond motifs is 1. The van der Waals surface area contributed by atoms with E-state index in [0.717, 1.165) is 42.1 Å². The normalized spacial score (nSPS) is 22.8. The average Bonchev–Trinajstić information content (AvgIpc) is 2.77. The Bertz CT molecular complexity index is 576. The lowest BCUT2D eigenvalue weighted by molar-refractivity contribution is 0.174. The van der Waals surface area contributed by atoms with Crippen LogP contribution in [0.15, 0.2) is 18.2 Å². The predicted molar refractivity (Wildman–Crippen MR) is 77.0 cm³/mol. The molecule has 102 valence electrons. The first kappa shape index (κ1) is 12.6. The topological polar surface area (TPSA) is 70.0 Å². The van der Waals surface area contributed by atoms with E-state index in [1.807, 2.05) is 13.0 Å². The van der Waals surface area contributed by atoms with Crippen LogP contribution in [-0.4, -0.2) is 47.6 Å². The smallest absolute Gasteiger partial charge is 0.104 e. The minimum absolute atomic E-state index is 0.0193. The first-order valence-corrected chi connectivity index (χ1v) is 6.78. The summed E-state index contributed by atoms with van der Waals surface area (Å²) in [5.74, 6) is 0.942. The van der Waals surface area contributed by atoms with Gasteiger partial charge in [0.05, 0.1) is 11.0 Å². The molecule has 1 fully saturated rings. The molecule has 0 saturated carbocycles. The molecule has 2 atom stereocenters. The summed E-state index contributed by atoms with van der Waals surface area (Å²) < 4.78 is 0. The van der Waals surface area contributed by atoms with Crippen molar-refractivity contribution in [1.82, 2.24) is 20.2 Å². The number of aromatic amines is 1. The van der Waals surface area contributed by atoms with Gasteiger partial charge in [-0.15, -0.1) is 0 Å². The van der Waals surface area contributed by atoms with Crippen LogP contribution in [0.5, 0.6) is 0 Å². The number of aryl methyl sites for hydroxylation is 1. The van der Waals surface area contributed by atoms with Crippen molar-refractivity contribution in [2.24, 2.45) is 5.73 Å². The van der Waals surface area contributed by atoms with Crippen molar-refractivity contribution in [3.63, 3.8) is 0 Å². The Morgan fingerprint density at radius 2 is 2.32 bits per heavy atom. The van der Waals surface area contributed by atoms with Crippen molar-refractivity contribution in [2.75, 3.05) is 26.7 Å². The van der Waals surface area contributed by atoms with Crippen LogP contribution in [0.2, 0.25) is 0 Å². The lowest BCUT2D eigenvalue weighted by Gasteiger charge is -2.37. The van der Waals surface area contributed by atoms with Gasteiger partial charge < -0.3 is 16.0 Å². The van der Waals surface area contributed by atoms with E-state index in [4.69, 9.17) is 5.73 Å². The lowest BCUT2D eigenvalue weighted by Crippen LogP contribution is -2.53. The summed E-state index contributed by atoms with van der Waals surface area (Å²) in [7, 11) is 2.14. The Hall–Kier alpha value is -1.43. The van der Waals surface area contributed by atoms with Crippen molar-refractivity contribution in [3.8, 4) is 0 Å². The van der Waals surface area contributed by atoms with Crippen molar-refractivity contribution < 1.29 is 0 Å². The summed E-state index contributed by atoms with van der Waals surface area (Å²) in [5.41, 5.74) is 9.68. The molecule has 1 aromatic heterocycles. The van der Waals surface area contributed by atoms with Gasteiger partial charge in [0.2, 0.25) is 0 Å². The highest BCUT2D eigenvalue weighted by molar-refractivity contribution is 5.76. The predicted octanol–water partition coefficient (Wildman–Crippen LogP) is 0.775. The van der Waals surface area contributed by atoms with E-state index in [9.17, 15) is 0 Å². The van der Waals surface area contributed by atoms with Crippen LogP contribution in [0.3, 0.4) is 0 Å². The number of nitrogens with one attached hydrogen (secondary N) is 2. The molecular weight excluding hydrogens is 238 g/mol. The Morgan fingerprint density at radius 3 is 3.11 bits per heavy atom. The number of likely N-dealkylation sites (N-methyl/N-ethyl adjacent to an activating group) is 1. The van der Waals surface area contributed by atoms with Gasteiger partial charge in [0.25, 0.3) is 0 Å². The van der Waals surface area contributed by atoms with Crippen LogP contribution in [0.1, 0.15) is 17.4 Å². The number of benzene rings is 1. The highest BCUT2D eigenvalue weighted by Crippen LogP contribution is 2.22. The minimum atomic E-state index is 0.0193. The maximum absolute atomic E-state index is 6.44. The number of aromatic nitrogens is 2. The molecule has 2 heterocycles. The minimum Gasteiger partial charge on any atom is -0.342 e. The molecule has 0 bridgehead atoms. The number of piperazine rings is 1. The second-order valence-electron chi connectivity index (χ2n) is 5.38. The zero-order chi connectivity index (χ0) is 13.4. The van der Waals surface area contributed by atoms with Gasteiger partial charge in [0.1, 0.15) is 5.82 Å². The third-order valence-corrected chi connectivity index (χ3v) is 3.98. The lowest BCUT2D eigenvalue weighted by atomic mass is 9.97. The molecule has 1 aromatic carbocycles. The van der Waals surface area contributed by atoms with Gasteiger partial charge in [0.15, 0.2) is 0 Å². The SMILES string of the molecule is Cc1nc2ccc(C(N)C3CNCCN3C)cc2[nH]1. The first-order valence-electron chi connectivity index (χ1n) is 6.78. The van der Waals surface area contributed by atoms with Crippen molar-refractivity contribution in [3.05, 3.63) is 29.6 Å². The largest absolute Gasteiger partial charge is 0.342 e. The second kappa shape index (κ2) is 4.92. The Morgan fingerprint density at radius 1 is 1.47 bits per heavy atom. The summed E-state index contributed by atoms with van der Waals surface area (Å²) in [5, 5.41) is 3.42. The molecule has 0 amide bonds. The third kappa shape index (κ3) is 2.36. The van der Waals surface area contributed by atoms with Crippen molar-refractivity contribution >= 4 is 11.0 Å². The molecule has 1 aliphatic heterocycles. The molecule has 5 nitrogen and oxygen atoms in total. The van der Waals surface area contributed by atoms with E-state index < -0.39 is 0 Å². The van der Waals surface area contributed by atoms with Crippen LogP contribution in [0.4, 0.5) is 0 Å². The van der Waals surface area contributed by atoms with E-state index in [-0.39, 0.29) is 6.04 Å². The first-order chi connectivity index (χ1) is 9.15. The third-order valence-electron chi connectivity index (χ3n) is 3.98. The number of H-pyrrole nitrogens is 1. The summed E-state index contributed by atoms with van der Waals surface area (Å²) in [6, 6.07) is 6.63. The number of nitrogens with two attached hydrogens (primary N) is 1. The molecule has 1 saturated heterocycles. The van der Waals surface area contributed by atoms with Gasteiger partial charge in [0, 0.05) is 31.7 Å². The molecule has 4 N–H and O–H groups in total. The number of imidazole rings is 1. The Labute approximate surface area is 113 Å². The zero-order valence-electron chi connectivity index (χ0n) is 11.5. The van der Waals surface area contributed by atoms with Gasteiger partial charge >= 0.3 is 0 Å². The van der Waals surface area contributed by atoms with Crippen LogP contribution >= 0.6 is 0 Å². The zero-order valence-corrected chi connectivity index (χ0v) is 11.5. The molecule has 19 heavy (non-hydrogen) atoms. The molecule has 0 radical (unpaired) electrons.